The molecule has 1 aromatic heterocycles. The first kappa shape index (κ1) is 19.2. The molecule has 0 atom stereocenters. The first-order chi connectivity index (χ1) is 13.6. The summed E-state index contributed by atoms with van der Waals surface area (Å²) in [5.41, 5.74) is 0.601. The van der Waals surface area contributed by atoms with Crippen molar-refractivity contribution in [3.05, 3.63) is 54.2 Å². The third-order valence-electron chi connectivity index (χ3n) is 3.64. The maximum absolute atomic E-state index is 12.8. The Hall–Kier alpha value is -3.62. The predicted octanol–water partition coefficient (Wildman–Crippen LogP) is 3.02. The molecule has 0 saturated heterocycles. The molecule has 1 heterocycles. The molecule has 0 bridgehead atoms. The first-order valence-corrected chi connectivity index (χ1v) is 8.18. The molecule has 0 fully saturated rings. The largest absolute Gasteiger partial charge is 0.497 e. The quantitative estimate of drug-likeness (QED) is 0.544. The minimum absolute atomic E-state index is 0.114. The van der Waals surface area contributed by atoms with Gasteiger partial charge in [0.1, 0.15) is 23.1 Å². The van der Waals surface area contributed by atoms with Crippen LogP contribution in [0.1, 0.15) is 5.89 Å². The summed E-state index contributed by atoms with van der Waals surface area (Å²) in [6, 6.07) is 10.4. The van der Waals surface area contributed by atoms with E-state index in [1.54, 1.807) is 25.3 Å². The normalized spacial score (nSPS) is 10.4. The second-order valence-corrected chi connectivity index (χ2v) is 5.48. The summed E-state index contributed by atoms with van der Waals surface area (Å²) in [5.74, 6) is 0.860. The van der Waals surface area contributed by atoms with Gasteiger partial charge in [0.25, 0.3) is 5.89 Å². The molecule has 9 heteroatoms. The van der Waals surface area contributed by atoms with Crippen molar-refractivity contribution in [3.63, 3.8) is 0 Å². The number of benzene rings is 2. The fraction of sp³-hybridized carbons (Fsp3) is 0.211. The summed E-state index contributed by atoms with van der Waals surface area (Å²) >= 11 is 0. The van der Waals surface area contributed by atoms with E-state index in [1.807, 2.05) is 0 Å². The highest BCUT2D eigenvalue weighted by Gasteiger charge is 2.15. The van der Waals surface area contributed by atoms with Crippen molar-refractivity contribution in [2.24, 2.45) is 0 Å². The fourth-order valence-electron chi connectivity index (χ4n) is 2.26. The smallest absolute Gasteiger partial charge is 0.344 e. The Morgan fingerprint density at radius 1 is 1.07 bits per heavy atom. The van der Waals surface area contributed by atoms with Gasteiger partial charge in [0, 0.05) is 6.07 Å². The Kier molecular flexibility index (Phi) is 6.05. The molecule has 146 valence electrons. The standard InChI is InChI=1S/C19H17FN2O6/c1-24-14-7-8-15(16(9-14)25-2)19-21-17(28-22-19)10-27-18(23)11-26-13-5-3-12(20)4-6-13/h3-9H,10-11H2,1-2H3. The molecule has 0 aliphatic heterocycles. The van der Waals surface area contributed by atoms with Gasteiger partial charge >= 0.3 is 5.97 Å². The van der Waals surface area contributed by atoms with Crippen LogP contribution >= 0.6 is 0 Å². The topological polar surface area (TPSA) is 92.9 Å². The number of esters is 1. The van der Waals surface area contributed by atoms with Crippen molar-refractivity contribution in [2.45, 2.75) is 6.61 Å². The Morgan fingerprint density at radius 2 is 1.82 bits per heavy atom. The number of aromatic nitrogens is 2. The summed E-state index contributed by atoms with van der Waals surface area (Å²) in [6.07, 6.45) is 0. The van der Waals surface area contributed by atoms with Crippen molar-refractivity contribution >= 4 is 5.97 Å². The molecule has 0 aliphatic carbocycles. The number of halogens is 1. The van der Waals surface area contributed by atoms with Crippen LogP contribution in [0.5, 0.6) is 17.2 Å². The van der Waals surface area contributed by atoms with Crippen LogP contribution in [-0.4, -0.2) is 36.9 Å². The minimum Gasteiger partial charge on any atom is -0.497 e. The van der Waals surface area contributed by atoms with Gasteiger partial charge in [-0.3, -0.25) is 0 Å². The lowest BCUT2D eigenvalue weighted by Crippen LogP contribution is -2.14. The van der Waals surface area contributed by atoms with E-state index in [9.17, 15) is 9.18 Å². The minimum atomic E-state index is -0.633. The second kappa shape index (κ2) is 8.85. The zero-order valence-electron chi connectivity index (χ0n) is 15.2. The Labute approximate surface area is 159 Å². The summed E-state index contributed by atoms with van der Waals surface area (Å²) in [4.78, 5) is 15.9. The number of hydrogen-bond donors (Lipinski definition) is 0. The molecule has 0 unspecified atom stereocenters. The molecule has 0 radical (unpaired) electrons. The average molecular weight is 388 g/mol. The highest BCUT2D eigenvalue weighted by atomic mass is 19.1. The number of ether oxygens (including phenoxy) is 4. The molecule has 8 nitrogen and oxygen atoms in total. The van der Waals surface area contributed by atoms with Gasteiger partial charge in [-0.05, 0) is 36.4 Å². The summed E-state index contributed by atoms with van der Waals surface area (Å²) in [7, 11) is 3.07. The third-order valence-corrected chi connectivity index (χ3v) is 3.64. The lowest BCUT2D eigenvalue weighted by Gasteiger charge is -2.07. The van der Waals surface area contributed by atoms with Gasteiger partial charge in [-0.15, -0.1) is 0 Å². The van der Waals surface area contributed by atoms with Gasteiger partial charge in [-0.1, -0.05) is 5.16 Å². The van der Waals surface area contributed by atoms with Crippen LogP contribution in [0, 0.1) is 5.82 Å². The SMILES string of the molecule is COc1ccc(-c2noc(COC(=O)COc3ccc(F)cc3)n2)c(OC)c1. The van der Waals surface area contributed by atoms with E-state index in [0.29, 0.717) is 22.8 Å². The fourth-order valence-corrected chi connectivity index (χ4v) is 2.26. The Bertz CT molecular complexity index is 942. The number of rotatable bonds is 8. The summed E-state index contributed by atoms with van der Waals surface area (Å²) in [5, 5.41) is 3.87. The molecule has 0 amide bonds. The van der Waals surface area contributed by atoms with Crippen LogP contribution in [0.2, 0.25) is 0 Å². The Morgan fingerprint density at radius 3 is 2.54 bits per heavy atom. The van der Waals surface area contributed by atoms with E-state index in [1.165, 1.54) is 31.4 Å². The van der Waals surface area contributed by atoms with Crippen molar-refractivity contribution in [3.8, 4) is 28.6 Å². The van der Waals surface area contributed by atoms with E-state index >= 15 is 0 Å². The number of carbonyl (C=O) groups is 1. The molecule has 3 rings (SSSR count). The second-order valence-electron chi connectivity index (χ2n) is 5.48. The van der Waals surface area contributed by atoms with E-state index in [-0.39, 0.29) is 24.9 Å². The van der Waals surface area contributed by atoms with Crippen molar-refractivity contribution in [2.75, 3.05) is 20.8 Å². The number of carbonyl (C=O) groups excluding carboxylic acids is 1. The third kappa shape index (κ3) is 4.76. The highest BCUT2D eigenvalue weighted by Crippen LogP contribution is 2.31. The van der Waals surface area contributed by atoms with Gasteiger partial charge in [0.05, 0.1) is 19.8 Å². The molecule has 0 spiro atoms. The van der Waals surface area contributed by atoms with Gasteiger partial charge in [0.15, 0.2) is 13.2 Å². The predicted molar refractivity (Wildman–Crippen MR) is 94.5 cm³/mol. The van der Waals surface area contributed by atoms with Gasteiger partial charge in [0.2, 0.25) is 5.82 Å². The molecular weight excluding hydrogens is 371 g/mol. The molecule has 3 aromatic rings. The Balaban J connectivity index is 1.56. The van der Waals surface area contributed by atoms with E-state index in [4.69, 9.17) is 23.5 Å². The molecule has 28 heavy (non-hydrogen) atoms. The van der Waals surface area contributed by atoms with E-state index < -0.39 is 11.8 Å². The van der Waals surface area contributed by atoms with Crippen LogP contribution in [0.25, 0.3) is 11.4 Å². The molecule has 0 saturated carbocycles. The van der Waals surface area contributed by atoms with Crippen LogP contribution in [0.15, 0.2) is 47.0 Å². The molecule has 2 aromatic carbocycles. The number of hydrogen-bond acceptors (Lipinski definition) is 8. The van der Waals surface area contributed by atoms with Gasteiger partial charge < -0.3 is 23.5 Å². The molecular formula is C19H17FN2O6. The molecule has 0 aliphatic rings. The summed E-state index contributed by atoms with van der Waals surface area (Å²) < 4.78 is 38.6. The van der Waals surface area contributed by atoms with E-state index in [2.05, 4.69) is 10.1 Å². The monoisotopic (exact) mass is 388 g/mol. The van der Waals surface area contributed by atoms with Crippen molar-refractivity contribution in [1.29, 1.82) is 0 Å². The lowest BCUT2D eigenvalue weighted by atomic mass is 10.2. The van der Waals surface area contributed by atoms with E-state index in [0.717, 1.165) is 0 Å². The van der Waals surface area contributed by atoms with Gasteiger partial charge in [-0.25, -0.2) is 9.18 Å². The van der Waals surface area contributed by atoms with Crippen molar-refractivity contribution in [1.82, 2.24) is 10.1 Å². The van der Waals surface area contributed by atoms with Gasteiger partial charge in [-0.2, -0.15) is 4.98 Å². The highest BCUT2D eigenvalue weighted by molar-refractivity contribution is 5.71. The molecule has 0 N–H and O–H groups in total. The van der Waals surface area contributed by atoms with Crippen LogP contribution in [-0.2, 0) is 16.1 Å². The van der Waals surface area contributed by atoms with Crippen LogP contribution in [0.4, 0.5) is 4.39 Å². The number of methoxy groups -OCH3 is 2. The van der Waals surface area contributed by atoms with Crippen LogP contribution < -0.4 is 14.2 Å². The lowest BCUT2D eigenvalue weighted by molar-refractivity contribution is -0.148. The van der Waals surface area contributed by atoms with Crippen molar-refractivity contribution < 1.29 is 32.7 Å². The maximum atomic E-state index is 12.8. The zero-order chi connectivity index (χ0) is 19.9. The zero-order valence-corrected chi connectivity index (χ0v) is 15.2. The number of nitrogens with zero attached hydrogens (tertiary/aromatic N) is 2. The first-order valence-electron chi connectivity index (χ1n) is 8.18. The average Bonchev–Trinajstić information content (AvgIpc) is 3.20. The summed E-state index contributed by atoms with van der Waals surface area (Å²) in [6.45, 7) is -0.546. The van der Waals surface area contributed by atoms with Crippen LogP contribution in [0.3, 0.4) is 0 Å². The maximum Gasteiger partial charge on any atom is 0.344 e.